The number of aliphatic hydroxyl groups excluding tert-OH is 1. The molecule has 0 bridgehead atoms. The Morgan fingerprint density at radius 2 is 2.05 bits per heavy atom. The van der Waals surface area contributed by atoms with Crippen LogP contribution in [0.2, 0.25) is 0 Å². The van der Waals surface area contributed by atoms with E-state index in [1.807, 2.05) is 24.3 Å². The minimum absolute atomic E-state index is 0.0970. The van der Waals surface area contributed by atoms with Gasteiger partial charge in [0.15, 0.2) is 0 Å². The SMILES string of the molecule is COc1cccc(OCC(CO)(NC(C)C)C2CC2)c1. The lowest BCUT2D eigenvalue weighted by Crippen LogP contribution is -2.57. The predicted octanol–water partition coefficient (Wildman–Crippen LogP) is 2.21. The third kappa shape index (κ3) is 3.64. The topological polar surface area (TPSA) is 50.7 Å². The summed E-state index contributed by atoms with van der Waals surface area (Å²) >= 11 is 0. The fourth-order valence-corrected chi connectivity index (χ4v) is 2.61. The van der Waals surface area contributed by atoms with Gasteiger partial charge in [-0.2, -0.15) is 0 Å². The van der Waals surface area contributed by atoms with Crippen LogP contribution in [-0.2, 0) is 0 Å². The molecule has 1 unspecified atom stereocenters. The molecule has 1 aromatic rings. The fraction of sp³-hybridized carbons (Fsp3) is 0.625. The van der Waals surface area contributed by atoms with Crippen LogP contribution >= 0.6 is 0 Å². The van der Waals surface area contributed by atoms with Crippen molar-refractivity contribution in [2.45, 2.75) is 38.3 Å². The number of aliphatic hydroxyl groups is 1. The van der Waals surface area contributed by atoms with Gasteiger partial charge in [0, 0.05) is 12.1 Å². The van der Waals surface area contributed by atoms with Crippen LogP contribution in [0.4, 0.5) is 0 Å². The smallest absolute Gasteiger partial charge is 0.123 e. The summed E-state index contributed by atoms with van der Waals surface area (Å²) in [6.45, 7) is 4.76. The minimum Gasteiger partial charge on any atom is -0.497 e. The standard InChI is InChI=1S/C16H25NO3/c1-12(2)17-16(10-18,13-7-8-13)11-20-15-6-4-5-14(9-15)19-3/h4-6,9,12-13,17-18H,7-8,10-11H2,1-3H3. The lowest BCUT2D eigenvalue weighted by atomic mass is 9.94. The maximum atomic E-state index is 9.85. The first-order chi connectivity index (χ1) is 9.59. The van der Waals surface area contributed by atoms with Gasteiger partial charge in [-0.05, 0) is 30.9 Å². The highest BCUT2D eigenvalue weighted by Crippen LogP contribution is 2.40. The van der Waals surface area contributed by atoms with Gasteiger partial charge >= 0.3 is 0 Å². The molecule has 2 N–H and O–H groups in total. The van der Waals surface area contributed by atoms with Crippen LogP contribution in [0.1, 0.15) is 26.7 Å². The Kier molecular flexibility index (Phi) is 4.89. The number of ether oxygens (including phenoxy) is 2. The molecule has 112 valence electrons. The largest absolute Gasteiger partial charge is 0.497 e. The Balaban J connectivity index is 2.04. The second-order valence-electron chi connectivity index (χ2n) is 5.86. The summed E-state index contributed by atoms with van der Waals surface area (Å²) in [5.74, 6) is 2.05. The molecule has 0 aromatic heterocycles. The summed E-state index contributed by atoms with van der Waals surface area (Å²) in [7, 11) is 1.64. The van der Waals surface area contributed by atoms with Crippen LogP contribution in [-0.4, -0.2) is 37.0 Å². The van der Waals surface area contributed by atoms with Crippen molar-refractivity contribution >= 4 is 0 Å². The van der Waals surface area contributed by atoms with Crippen LogP contribution in [0.25, 0.3) is 0 Å². The number of rotatable bonds is 8. The Morgan fingerprint density at radius 1 is 1.35 bits per heavy atom. The van der Waals surface area contributed by atoms with Crippen molar-refractivity contribution < 1.29 is 14.6 Å². The molecular formula is C16H25NO3. The van der Waals surface area contributed by atoms with E-state index in [9.17, 15) is 5.11 Å². The Hall–Kier alpha value is -1.26. The van der Waals surface area contributed by atoms with Gasteiger partial charge in [-0.15, -0.1) is 0 Å². The highest BCUT2D eigenvalue weighted by Gasteiger charge is 2.45. The number of methoxy groups -OCH3 is 1. The summed E-state index contributed by atoms with van der Waals surface area (Å²) < 4.78 is 11.1. The highest BCUT2D eigenvalue weighted by molar-refractivity contribution is 5.33. The minimum atomic E-state index is -0.336. The van der Waals surface area contributed by atoms with E-state index in [2.05, 4.69) is 19.2 Å². The maximum Gasteiger partial charge on any atom is 0.123 e. The van der Waals surface area contributed by atoms with Gasteiger partial charge in [0.2, 0.25) is 0 Å². The summed E-state index contributed by atoms with van der Waals surface area (Å²) in [5.41, 5.74) is -0.336. The van der Waals surface area contributed by atoms with Gasteiger partial charge in [0.25, 0.3) is 0 Å². The number of benzene rings is 1. The molecule has 0 saturated heterocycles. The molecule has 1 aliphatic rings. The van der Waals surface area contributed by atoms with Gasteiger partial charge in [-0.25, -0.2) is 0 Å². The average Bonchev–Trinajstić information content (AvgIpc) is 3.28. The van der Waals surface area contributed by atoms with Crippen LogP contribution in [0, 0.1) is 5.92 Å². The van der Waals surface area contributed by atoms with Gasteiger partial charge in [-0.3, -0.25) is 0 Å². The first-order valence-corrected chi connectivity index (χ1v) is 7.25. The van der Waals surface area contributed by atoms with Crippen molar-refractivity contribution in [1.29, 1.82) is 0 Å². The molecule has 4 nitrogen and oxygen atoms in total. The molecule has 2 rings (SSSR count). The Bertz CT molecular complexity index is 431. The van der Waals surface area contributed by atoms with Crippen LogP contribution < -0.4 is 14.8 Å². The van der Waals surface area contributed by atoms with E-state index in [4.69, 9.17) is 9.47 Å². The highest BCUT2D eigenvalue weighted by atomic mass is 16.5. The number of hydrogen-bond donors (Lipinski definition) is 2. The fourth-order valence-electron chi connectivity index (χ4n) is 2.61. The van der Waals surface area contributed by atoms with Crippen molar-refractivity contribution in [3.05, 3.63) is 24.3 Å². The van der Waals surface area contributed by atoms with Gasteiger partial charge in [0.1, 0.15) is 18.1 Å². The molecule has 1 aromatic carbocycles. The maximum absolute atomic E-state index is 9.85. The summed E-state index contributed by atoms with van der Waals surface area (Å²) in [4.78, 5) is 0. The molecule has 0 radical (unpaired) electrons. The quantitative estimate of drug-likeness (QED) is 0.766. The summed E-state index contributed by atoms with van der Waals surface area (Å²) in [6.07, 6.45) is 2.31. The van der Waals surface area contributed by atoms with E-state index in [-0.39, 0.29) is 12.1 Å². The predicted molar refractivity (Wildman–Crippen MR) is 79.3 cm³/mol. The summed E-state index contributed by atoms with van der Waals surface area (Å²) in [5, 5.41) is 13.3. The molecule has 1 saturated carbocycles. The molecule has 0 heterocycles. The van der Waals surface area contributed by atoms with E-state index < -0.39 is 0 Å². The molecule has 4 heteroatoms. The first kappa shape index (κ1) is 15.1. The van der Waals surface area contributed by atoms with E-state index in [0.29, 0.717) is 18.6 Å². The second-order valence-corrected chi connectivity index (χ2v) is 5.86. The van der Waals surface area contributed by atoms with Crippen LogP contribution in [0.5, 0.6) is 11.5 Å². The number of nitrogens with one attached hydrogen (secondary N) is 1. The zero-order valence-corrected chi connectivity index (χ0v) is 12.6. The van der Waals surface area contributed by atoms with Crippen molar-refractivity contribution in [1.82, 2.24) is 5.32 Å². The van der Waals surface area contributed by atoms with E-state index in [1.54, 1.807) is 7.11 Å². The monoisotopic (exact) mass is 279 g/mol. The third-order valence-corrected chi connectivity index (χ3v) is 3.75. The third-order valence-electron chi connectivity index (χ3n) is 3.75. The molecule has 0 amide bonds. The van der Waals surface area contributed by atoms with Crippen molar-refractivity contribution in [2.24, 2.45) is 5.92 Å². The first-order valence-electron chi connectivity index (χ1n) is 7.25. The summed E-state index contributed by atoms with van der Waals surface area (Å²) in [6, 6.07) is 7.88. The van der Waals surface area contributed by atoms with Gasteiger partial charge in [0.05, 0.1) is 19.3 Å². The molecule has 1 fully saturated rings. The van der Waals surface area contributed by atoms with Crippen molar-refractivity contribution in [2.75, 3.05) is 20.3 Å². The zero-order valence-electron chi connectivity index (χ0n) is 12.6. The lowest BCUT2D eigenvalue weighted by molar-refractivity contribution is 0.0777. The van der Waals surface area contributed by atoms with Gasteiger partial charge in [-0.1, -0.05) is 19.9 Å². The van der Waals surface area contributed by atoms with Crippen LogP contribution in [0.15, 0.2) is 24.3 Å². The molecule has 0 aliphatic heterocycles. The van der Waals surface area contributed by atoms with Crippen molar-refractivity contribution in [3.63, 3.8) is 0 Å². The molecule has 0 spiro atoms. The van der Waals surface area contributed by atoms with Crippen molar-refractivity contribution in [3.8, 4) is 11.5 Å². The lowest BCUT2D eigenvalue weighted by Gasteiger charge is -2.35. The molecular weight excluding hydrogens is 254 g/mol. The molecule has 1 aliphatic carbocycles. The van der Waals surface area contributed by atoms with E-state index in [0.717, 1.165) is 24.3 Å². The normalized spacial score (nSPS) is 17.9. The Morgan fingerprint density at radius 3 is 2.60 bits per heavy atom. The Labute approximate surface area is 121 Å². The second kappa shape index (κ2) is 6.46. The van der Waals surface area contributed by atoms with E-state index >= 15 is 0 Å². The van der Waals surface area contributed by atoms with Crippen LogP contribution in [0.3, 0.4) is 0 Å². The number of hydrogen-bond acceptors (Lipinski definition) is 4. The zero-order chi connectivity index (χ0) is 14.6. The average molecular weight is 279 g/mol. The molecule has 20 heavy (non-hydrogen) atoms. The van der Waals surface area contributed by atoms with Gasteiger partial charge < -0.3 is 19.9 Å². The van der Waals surface area contributed by atoms with E-state index in [1.165, 1.54) is 0 Å². The molecule has 1 atom stereocenters.